The molecule has 7 nitrogen and oxygen atoms in total. The summed E-state index contributed by atoms with van der Waals surface area (Å²) < 4.78 is 11.2. The molecule has 1 atom stereocenters. The number of benzene rings is 2. The third-order valence-corrected chi connectivity index (χ3v) is 4.08. The lowest BCUT2D eigenvalue weighted by molar-refractivity contribution is 0.0963. The van der Waals surface area contributed by atoms with Crippen molar-refractivity contribution in [2.45, 2.75) is 19.6 Å². The average molecular weight is 384 g/mol. The molecule has 0 bridgehead atoms. The predicted octanol–water partition coefficient (Wildman–Crippen LogP) is 2.19. The first kappa shape index (κ1) is 21.1. The number of rotatable bonds is 8. The highest BCUT2D eigenvalue weighted by atomic mass is 16.5. The minimum Gasteiger partial charge on any atom is -0.493 e. The second kappa shape index (κ2) is 10.8. The highest BCUT2D eigenvalue weighted by Crippen LogP contribution is 2.26. The molecule has 0 aliphatic carbocycles. The summed E-state index contributed by atoms with van der Waals surface area (Å²) in [6, 6.07) is 15.0. The Balaban J connectivity index is 1.81. The van der Waals surface area contributed by atoms with Gasteiger partial charge in [0.2, 0.25) is 0 Å². The summed E-state index contributed by atoms with van der Waals surface area (Å²) in [5.41, 5.74) is 1.69. The Labute approximate surface area is 166 Å². The maximum Gasteiger partial charge on any atom is 0.251 e. The first-order valence-corrected chi connectivity index (χ1v) is 9.12. The van der Waals surface area contributed by atoms with E-state index in [0.717, 1.165) is 5.56 Å². The van der Waals surface area contributed by atoms with Crippen molar-refractivity contribution in [1.82, 2.24) is 16.0 Å². The van der Waals surface area contributed by atoms with Gasteiger partial charge >= 0.3 is 0 Å². The van der Waals surface area contributed by atoms with E-state index in [0.29, 0.717) is 36.1 Å². The van der Waals surface area contributed by atoms with Crippen LogP contribution in [0.4, 0.5) is 0 Å². The van der Waals surface area contributed by atoms with Crippen LogP contribution in [0.15, 0.2) is 53.5 Å². The molecule has 0 fully saturated rings. The number of hydrogen-bond donors (Lipinski definition) is 3. The molecule has 0 aromatic heterocycles. The normalized spacial score (nSPS) is 12.1. The van der Waals surface area contributed by atoms with E-state index >= 15 is 0 Å². The van der Waals surface area contributed by atoms with Crippen LogP contribution in [0.2, 0.25) is 0 Å². The molecule has 2 rings (SSSR count). The lowest BCUT2D eigenvalue weighted by atomic mass is 10.1. The van der Waals surface area contributed by atoms with Gasteiger partial charge < -0.3 is 25.4 Å². The van der Waals surface area contributed by atoms with Crippen LogP contribution in [0.3, 0.4) is 0 Å². The van der Waals surface area contributed by atoms with E-state index in [1.165, 1.54) is 0 Å². The second-order valence-corrected chi connectivity index (χ2v) is 6.16. The van der Waals surface area contributed by atoms with E-state index in [9.17, 15) is 4.79 Å². The molecular formula is C21H28N4O3. The molecule has 0 aliphatic heterocycles. The molecule has 1 amide bonds. The fourth-order valence-corrected chi connectivity index (χ4v) is 2.54. The van der Waals surface area contributed by atoms with Gasteiger partial charge in [-0.3, -0.25) is 9.79 Å². The van der Waals surface area contributed by atoms with Crippen molar-refractivity contribution in [2.75, 3.05) is 27.7 Å². The maximum atomic E-state index is 11.6. The van der Waals surface area contributed by atoms with Crippen molar-refractivity contribution in [1.29, 1.82) is 0 Å². The number of carbonyl (C=O) groups is 1. The number of carbonyl (C=O) groups excluding carboxylic acids is 1. The van der Waals surface area contributed by atoms with E-state index in [1.54, 1.807) is 33.3 Å². The molecule has 1 unspecified atom stereocenters. The van der Waals surface area contributed by atoms with E-state index in [-0.39, 0.29) is 12.0 Å². The average Bonchev–Trinajstić information content (AvgIpc) is 2.74. The molecule has 28 heavy (non-hydrogen) atoms. The van der Waals surface area contributed by atoms with Crippen LogP contribution in [-0.2, 0) is 6.54 Å². The molecule has 0 saturated carbocycles. The number of nitrogens with zero attached hydrogens (tertiary/aromatic N) is 1. The van der Waals surface area contributed by atoms with Gasteiger partial charge in [0, 0.05) is 26.2 Å². The Morgan fingerprint density at radius 1 is 1.07 bits per heavy atom. The Hall–Kier alpha value is -3.22. The van der Waals surface area contributed by atoms with E-state index in [4.69, 9.17) is 9.47 Å². The Morgan fingerprint density at radius 3 is 2.36 bits per heavy atom. The molecule has 2 aromatic rings. The fourth-order valence-electron chi connectivity index (χ4n) is 2.54. The molecule has 0 aliphatic rings. The SMILES string of the molecule is CN=C(NCc1ccc(C(=O)NC)cc1)NCC(C)Oc1ccccc1OC. The summed E-state index contributed by atoms with van der Waals surface area (Å²) in [5, 5.41) is 9.10. The van der Waals surface area contributed by atoms with Crippen LogP contribution in [0.5, 0.6) is 11.5 Å². The molecule has 150 valence electrons. The summed E-state index contributed by atoms with van der Waals surface area (Å²) in [7, 11) is 4.96. The van der Waals surface area contributed by atoms with Crippen LogP contribution in [0.1, 0.15) is 22.8 Å². The maximum absolute atomic E-state index is 11.6. The van der Waals surface area contributed by atoms with Gasteiger partial charge in [0.05, 0.1) is 13.7 Å². The van der Waals surface area contributed by atoms with Gasteiger partial charge in [-0.05, 0) is 36.8 Å². The zero-order chi connectivity index (χ0) is 20.4. The first-order chi connectivity index (χ1) is 13.6. The topological polar surface area (TPSA) is 84.0 Å². The summed E-state index contributed by atoms with van der Waals surface area (Å²) in [6.07, 6.45) is -0.0818. The minimum atomic E-state index is -0.0963. The summed E-state index contributed by atoms with van der Waals surface area (Å²) >= 11 is 0. The van der Waals surface area contributed by atoms with Gasteiger partial charge in [0.25, 0.3) is 5.91 Å². The fraction of sp³-hybridized carbons (Fsp3) is 0.333. The second-order valence-electron chi connectivity index (χ2n) is 6.16. The van der Waals surface area contributed by atoms with Gasteiger partial charge in [0.1, 0.15) is 6.10 Å². The first-order valence-electron chi connectivity index (χ1n) is 9.12. The third-order valence-electron chi connectivity index (χ3n) is 4.08. The molecule has 3 N–H and O–H groups in total. The van der Waals surface area contributed by atoms with Crippen LogP contribution in [-0.4, -0.2) is 45.7 Å². The highest BCUT2D eigenvalue weighted by Gasteiger charge is 2.09. The lowest BCUT2D eigenvalue weighted by Crippen LogP contribution is -2.41. The molecule has 0 spiro atoms. The van der Waals surface area contributed by atoms with Crippen molar-refractivity contribution in [3.63, 3.8) is 0 Å². The number of aliphatic imine (C=N–C) groups is 1. The number of guanidine groups is 1. The smallest absolute Gasteiger partial charge is 0.251 e. The summed E-state index contributed by atoms with van der Waals surface area (Å²) in [4.78, 5) is 15.8. The largest absolute Gasteiger partial charge is 0.493 e. The summed E-state index contributed by atoms with van der Waals surface area (Å²) in [6.45, 7) is 3.15. The van der Waals surface area contributed by atoms with Gasteiger partial charge in [-0.25, -0.2) is 0 Å². The van der Waals surface area contributed by atoms with Gasteiger partial charge in [-0.1, -0.05) is 24.3 Å². The van der Waals surface area contributed by atoms with Gasteiger partial charge in [-0.2, -0.15) is 0 Å². The predicted molar refractivity (Wildman–Crippen MR) is 111 cm³/mol. The van der Waals surface area contributed by atoms with E-state index in [1.807, 2.05) is 43.3 Å². The number of para-hydroxylation sites is 2. The van der Waals surface area contributed by atoms with E-state index in [2.05, 4.69) is 20.9 Å². The summed E-state index contributed by atoms with van der Waals surface area (Å²) in [5.74, 6) is 1.99. The highest BCUT2D eigenvalue weighted by molar-refractivity contribution is 5.93. The Bertz CT molecular complexity index is 790. The van der Waals surface area contributed by atoms with Crippen molar-refractivity contribution in [3.8, 4) is 11.5 Å². The molecule has 2 aromatic carbocycles. The lowest BCUT2D eigenvalue weighted by Gasteiger charge is -2.19. The number of amides is 1. The van der Waals surface area contributed by atoms with Crippen molar-refractivity contribution in [3.05, 3.63) is 59.7 Å². The number of nitrogens with one attached hydrogen (secondary N) is 3. The Morgan fingerprint density at radius 2 is 1.75 bits per heavy atom. The third kappa shape index (κ3) is 6.19. The quantitative estimate of drug-likeness (QED) is 0.480. The molecule has 0 heterocycles. The van der Waals surface area contributed by atoms with Crippen LogP contribution >= 0.6 is 0 Å². The number of methoxy groups -OCH3 is 1. The van der Waals surface area contributed by atoms with Crippen molar-refractivity contribution >= 4 is 11.9 Å². The number of hydrogen-bond acceptors (Lipinski definition) is 4. The minimum absolute atomic E-state index is 0.0818. The molecule has 0 radical (unpaired) electrons. The zero-order valence-electron chi connectivity index (χ0n) is 16.8. The standard InChI is InChI=1S/C21H28N4O3/c1-15(28-19-8-6-5-7-18(19)27-4)13-24-21(23-3)25-14-16-9-11-17(12-10-16)20(26)22-2/h5-12,15H,13-14H2,1-4H3,(H,22,26)(H2,23,24,25). The Kier molecular flexibility index (Phi) is 8.14. The molecule has 7 heteroatoms. The van der Waals surface area contributed by atoms with Gasteiger partial charge in [0.15, 0.2) is 17.5 Å². The number of ether oxygens (including phenoxy) is 2. The van der Waals surface area contributed by atoms with E-state index < -0.39 is 0 Å². The van der Waals surface area contributed by atoms with Gasteiger partial charge in [-0.15, -0.1) is 0 Å². The van der Waals surface area contributed by atoms with Crippen LogP contribution in [0.25, 0.3) is 0 Å². The van der Waals surface area contributed by atoms with Crippen molar-refractivity contribution in [2.24, 2.45) is 4.99 Å². The van der Waals surface area contributed by atoms with Crippen LogP contribution in [0, 0.1) is 0 Å². The molecule has 0 saturated heterocycles. The van der Waals surface area contributed by atoms with Crippen LogP contribution < -0.4 is 25.4 Å². The zero-order valence-corrected chi connectivity index (χ0v) is 16.8. The molecular weight excluding hydrogens is 356 g/mol. The monoisotopic (exact) mass is 384 g/mol. The van der Waals surface area contributed by atoms with Crippen molar-refractivity contribution < 1.29 is 14.3 Å².